The maximum absolute atomic E-state index is 13.4. The largest absolute Gasteiger partial charge is 0.494 e. The van der Waals surface area contributed by atoms with Crippen molar-refractivity contribution in [3.05, 3.63) is 65.7 Å². The third-order valence-electron chi connectivity index (χ3n) is 15.8. The van der Waals surface area contributed by atoms with E-state index in [1.807, 2.05) is 36.4 Å². The average molecular weight is 753 g/mol. The SMILES string of the molecule is CCC1(COCCCCOc2ccc(-c3ccc(C(=O)OC4CCC5(C)C(=CCC6C5CCC5(C)C(C(C)CCCC(C)C)CCC65)C4)cc3)cc2)COC1. The van der Waals surface area contributed by atoms with Gasteiger partial charge in [-0.25, -0.2) is 4.79 Å². The Kier molecular flexibility index (Phi) is 12.9. The van der Waals surface area contributed by atoms with Crippen LogP contribution in [0.2, 0.25) is 0 Å². The second-order valence-corrected chi connectivity index (χ2v) is 19.6. The van der Waals surface area contributed by atoms with Crippen LogP contribution in [0.15, 0.2) is 60.2 Å². The molecule has 302 valence electrons. The van der Waals surface area contributed by atoms with Crippen molar-refractivity contribution < 1.29 is 23.7 Å². The molecule has 3 saturated carbocycles. The lowest BCUT2D eigenvalue weighted by Gasteiger charge is -2.58. The van der Waals surface area contributed by atoms with Crippen molar-refractivity contribution in [3.8, 4) is 16.9 Å². The molecule has 8 unspecified atom stereocenters. The van der Waals surface area contributed by atoms with Crippen LogP contribution in [0.5, 0.6) is 5.75 Å². The van der Waals surface area contributed by atoms with Crippen LogP contribution in [0.25, 0.3) is 11.1 Å². The zero-order chi connectivity index (χ0) is 38.6. The van der Waals surface area contributed by atoms with Gasteiger partial charge in [0.25, 0.3) is 0 Å². The van der Waals surface area contributed by atoms with Gasteiger partial charge < -0.3 is 18.9 Å². The lowest BCUT2D eigenvalue weighted by molar-refractivity contribution is -0.150. The smallest absolute Gasteiger partial charge is 0.338 e. The van der Waals surface area contributed by atoms with Crippen LogP contribution >= 0.6 is 0 Å². The van der Waals surface area contributed by atoms with Crippen molar-refractivity contribution in [1.82, 2.24) is 0 Å². The molecular formula is C50H72O5. The Morgan fingerprint density at radius 1 is 0.836 bits per heavy atom. The molecule has 4 aliphatic carbocycles. The van der Waals surface area contributed by atoms with Gasteiger partial charge in [-0.2, -0.15) is 0 Å². The van der Waals surface area contributed by atoms with Crippen LogP contribution < -0.4 is 4.74 Å². The molecule has 0 N–H and O–H groups in total. The maximum atomic E-state index is 13.4. The summed E-state index contributed by atoms with van der Waals surface area (Å²) >= 11 is 0. The number of hydrogen-bond acceptors (Lipinski definition) is 5. The first-order valence-electron chi connectivity index (χ1n) is 22.4. The van der Waals surface area contributed by atoms with Crippen molar-refractivity contribution in [1.29, 1.82) is 0 Å². The molecular weight excluding hydrogens is 681 g/mol. The number of allylic oxidation sites excluding steroid dienone is 1. The summed E-state index contributed by atoms with van der Waals surface area (Å²) in [5.74, 6) is 5.71. The minimum absolute atomic E-state index is 0.0323. The van der Waals surface area contributed by atoms with E-state index in [2.05, 4.69) is 59.8 Å². The third kappa shape index (κ3) is 8.79. The molecule has 7 rings (SSSR count). The second-order valence-electron chi connectivity index (χ2n) is 19.6. The van der Waals surface area contributed by atoms with E-state index in [9.17, 15) is 4.79 Å². The number of esters is 1. The van der Waals surface area contributed by atoms with E-state index in [1.54, 1.807) is 5.57 Å². The Hall–Kier alpha value is -2.63. The van der Waals surface area contributed by atoms with E-state index in [-0.39, 0.29) is 22.9 Å². The summed E-state index contributed by atoms with van der Waals surface area (Å²) in [5.41, 5.74) is 5.41. The normalized spacial score (nSPS) is 31.4. The van der Waals surface area contributed by atoms with Crippen molar-refractivity contribution in [3.63, 3.8) is 0 Å². The lowest BCUT2D eigenvalue weighted by Crippen LogP contribution is -2.51. The van der Waals surface area contributed by atoms with E-state index < -0.39 is 0 Å². The fraction of sp³-hybridized carbons (Fsp3) is 0.700. The molecule has 5 aliphatic rings. The minimum atomic E-state index is -0.196. The van der Waals surface area contributed by atoms with Crippen LogP contribution in [-0.2, 0) is 14.2 Å². The van der Waals surface area contributed by atoms with Gasteiger partial charge in [-0.05, 0) is 146 Å². The number of benzene rings is 2. The second kappa shape index (κ2) is 17.5. The van der Waals surface area contributed by atoms with E-state index >= 15 is 0 Å². The molecule has 0 amide bonds. The van der Waals surface area contributed by atoms with Gasteiger partial charge in [0.2, 0.25) is 0 Å². The molecule has 5 heteroatoms. The molecule has 0 spiro atoms. The predicted molar refractivity (Wildman–Crippen MR) is 223 cm³/mol. The summed E-state index contributed by atoms with van der Waals surface area (Å²) in [6.07, 6.45) is 19.7. The van der Waals surface area contributed by atoms with Crippen molar-refractivity contribution in [2.75, 3.05) is 33.0 Å². The number of carbonyl (C=O) groups is 1. The highest BCUT2D eigenvalue weighted by molar-refractivity contribution is 5.90. The molecule has 0 radical (unpaired) electrons. The zero-order valence-corrected chi connectivity index (χ0v) is 35.2. The van der Waals surface area contributed by atoms with Crippen molar-refractivity contribution in [2.24, 2.45) is 51.8 Å². The van der Waals surface area contributed by atoms with E-state index in [0.29, 0.717) is 17.6 Å². The van der Waals surface area contributed by atoms with E-state index in [1.165, 1.54) is 51.4 Å². The van der Waals surface area contributed by atoms with Gasteiger partial charge in [-0.1, -0.05) is 96.7 Å². The van der Waals surface area contributed by atoms with Gasteiger partial charge in [0.15, 0.2) is 0 Å². The summed E-state index contributed by atoms with van der Waals surface area (Å²) in [5, 5.41) is 0. The Morgan fingerprint density at radius 3 is 2.25 bits per heavy atom. The van der Waals surface area contributed by atoms with Gasteiger partial charge >= 0.3 is 5.97 Å². The molecule has 8 atom stereocenters. The number of carbonyl (C=O) groups excluding carboxylic acids is 1. The molecule has 0 aromatic heterocycles. The maximum Gasteiger partial charge on any atom is 0.338 e. The molecule has 1 saturated heterocycles. The Balaban J connectivity index is 0.864. The standard InChI is InChI=1S/C50H72O5/c1-7-50(33-53-34-50)32-52-29-8-9-30-54-41-20-17-38(18-21-41)37-13-15-39(16-14-37)47(51)55-42-25-27-48(5)40(31-42)19-22-43-45-24-23-44(36(4)12-10-11-35(2)3)49(45,6)28-26-46(43)48/h13-21,35-36,42-46H,7-12,22-34H2,1-6H3. The van der Waals surface area contributed by atoms with Gasteiger partial charge in [-0.15, -0.1) is 0 Å². The number of rotatable bonds is 17. The molecule has 2 aromatic rings. The summed E-state index contributed by atoms with van der Waals surface area (Å²) in [6.45, 7) is 18.7. The lowest BCUT2D eigenvalue weighted by atomic mass is 9.47. The number of hydrogen-bond donors (Lipinski definition) is 0. The topological polar surface area (TPSA) is 54.0 Å². The first-order valence-corrected chi connectivity index (χ1v) is 22.4. The van der Waals surface area contributed by atoms with Crippen LogP contribution in [0.3, 0.4) is 0 Å². The Morgan fingerprint density at radius 2 is 1.56 bits per heavy atom. The van der Waals surface area contributed by atoms with Gasteiger partial charge in [-0.3, -0.25) is 0 Å². The molecule has 4 fully saturated rings. The zero-order valence-electron chi connectivity index (χ0n) is 35.2. The van der Waals surface area contributed by atoms with E-state index in [0.717, 1.165) is 117 Å². The predicted octanol–water partition coefficient (Wildman–Crippen LogP) is 12.5. The minimum Gasteiger partial charge on any atom is -0.494 e. The van der Waals surface area contributed by atoms with Crippen LogP contribution in [0, 0.1) is 51.8 Å². The number of fused-ring (bicyclic) bond motifs is 5. The molecule has 1 aliphatic heterocycles. The Bertz CT molecular complexity index is 1580. The average Bonchev–Trinajstić information content (AvgIpc) is 3.53. The van der Waals surface area contributed by atoms with E-state index in [4.69, 9.17) is 18.9 Å². The highest BCUT2D eigenvalue weighted by atomic mass is 16.5. The monoisotopic (exact) mass is 753 g/mol. The molecule has 0 bridgehead atoms. The fourth-order valence-electron chi connectivity index (χ4n) is 12.1. The van der Waals surface area contributed by atoms with Gasteiger partial charge in [0.1, 0.15) is 11.9 Å². The van der Waals surface area contributed by atoms with Crippen molar-refractivity contribution in [2.45, 2.75) is 138 Å². The van der Waals surface area contributed by atoms with Crippen LogP contribution in [0.4, 0.5) is 0 Å². The molecule has 2 aromatic carbocycles. The fourth-order valence-corrected chi connectivity index (χ4v) is 12.1. The van der Waals surface area contributed by atoms with Crippen LogP contribution in [-0.4, -0.2) is 45.1 Å². The summed E-state index contributed by atoms with van der Waals surface area (Å²) < 4.78 is 23.5. The van der Waals surface area contributed by atoms with Gasteiger partial charge in [0.05, 0.1) is 32.0 Å². The van der Waals surface area contributed by atoms with Gasteiger partial charge in [0, 0.05) is 18.4 Å². The summed E-state index contributed by atoms with van der Waals surface area (Å²) in [6, 6.07) is 16.1. The summed E-state index contributed by atoms with van der Waals surface area (Å²) in [4.78, 5) is 13.4. The quantitative estimate of drug-likeness (QED) is 0.0915. The first kappa shape index (κ1) is 40.6. The first-order chi connectivity index (χ1) is 26.5. The molecule has 1 heterocycles. The Labute approximate surface area is 333 Å². The summed E-state index contributed by atoms with van der Waals surface area (Å²) in [7, 11) is 0. The number of ether oxygens (including phenoxy) is 4. The molecule has 55 heavy (non-hydrogen) atoms. The van der Waals surface area contributed by atoms with Crippen LogP contribution in [0.1, 0.15) is 142 Å². The highest BCUT2D eigenvalue weighted by Crippen LogP contribution is 2.67. The molecule has 5 nitrogen and oxygen atoms in total. The van der Waals surface area contributed by atoms with Crippen molar-refractivity contribution >= 4 is 5.97 Å². The number of unbranched alkanes of at least 4 members (excludes halogenated alkanes) is 1. The highest BCUT2D eigenvalue weighted by Gasteiger charge is 2.59. The third-order valence-corrected chi connectivity index (χ3v) is 15.8.